The van der Waals surface area contributed by atoms with Gasteiger partial charge in [-0.25, -0.2) is 0 Å². The molecule has 132 valence electrons. The minimum atomic E-state index is -4.31. The lowest BCUT2D eigenvalue weighted by Gasteiger charge is -2.08. The first-order valence-electron chi connectivity index (χ1n) is 6.99. The van der Waals surface area contributed by atoms with Crippen molar-refractivity contribution in [3.8, 4) is 0 Å². The fourth-order valence-corrected chi connectivity index (χ4v) is 5.15. The molecule has 0 bridgehead atoms. The van der Waals surface area contributed by atoms with Gasteiger partial charge in [-0.1, -0.05) is 17.4 Å². The Kier molecular flexibility index (Phi) is 10.9. The summed E-state index contributed by atoms with van der Waals surface area (Å²) >= 11 is 0. The summed E-state index contributed by atoms with van der Waals surface area (Å²) in [5.74, 6) is -1.31. The van der Waals surface area contributed by atoms with E-state index in [0.29, 0.717) is 25.9 Å². The first kappa shape index (κ1) is 22.1. The van der Waals surface area contributed by atoms with Crippen LogP contribution >= 0.6 is 15.4 Å². The molecule has 2 N–H and O–H groups in total. The smallest absolute Gasteiger partial charge is 0.335 e. The van der Waals surface area contributed by atoms with Crippen molar-refractivity contribution in [2.45, 2.75) is 44.9 Å². The van der Waals surface area contributed by atoms with Crippen molar-refractivity contribution in [2.24, 2.45) is 0 Å². The van der Waals surface area contributed by atoms with E-state index < -0.39 is 37.3 Å². The second-order valence-corrected chi connectivity index (χ2v) is 10.4. The van der Waals surface area contributed by atoms with Gasteiger partial charge >= 0.3 is 15.4 Å². The number of hydrogen-bond donors (Lipinski definition) is 2. The number of hydrogen-bond acceptors (Lipinski definition) is 6. The van der Waals surface area contributed by atoms with Gasteiger partial charge < -0.3 is 14.5 Å². The number of unbranched alkanes of at least 4 members (excludes halogenated alkanes) is 3. The average molecular weight is 379 g/mol. The summed E-state index contributed by atoms with van der Waals surface area (Å²) in [7, 11) is -9.83. The van der Waals surface area contributed by atoms with E-state index >= 15 is 0 Å². The summed E-state index contributed by atoms with van der Waals surface area (Å²) in [4.78, 5) is 17.7. The van der Waals surface area contributed by atoms with Crippen molar-refractivity contribution < 1.29 is 36.3 Å². The van der Waals surface area contributed by atoms with E-state index in [1.54, 1.807) is 6.92 Å². The van der Waals surface area contributed by atoms with Crippen LogP contribution in [0.1, 0.15) is 39.0 Å². The molecule has 0 heterocycles. The van der Waals surface area contributed by atoms with Crippen LogP contribution in [0.5, 0.6) is 0 Å². The molecule has 0 aromatic carbocycles. The van der Waals surface area contributed by atoms with Gasteiger partial charge in [0.05, 0.1) is 12.9 Å². The summed E-state index contributed by atoms with van der Waals surface area (Å²) in [6.07, 6.45) is 4.26. The molecule has 0 amide bonds. The first-order chi connectivity index (χ1) is 10.0. The summed E-state index contributed by atoms with van der Waals surface area (Å²) in [5.41, 5.74) is 0. The Labute approximate surface area is 132 Å². The lowest BCUT2D eigenvalue weighted by atomic mass is 10.1. The quantitative estimate of drug-likeness (QED) is 0.283. The minimum Gasteiger partial charge on any atom is -0.335 e. The van der Waals surface area contributed by atoms with Crippen LogP contribution in [0.3, 0.4) is 0 Å². The van der Waals surface area contributed by atoms with Crippen molar-refractivity contribution in [3.63, 3.8) is 0 Å². The molecule has 0 aromatic rings. The highest BCUT2D eigenvalue weighted by atomic mass is 32.2. The second kappa shape index (κ2) is 10.8. The van der Waals surface area contributed by atoms with E-state index in [2.05, 4.69) is 4.18 Å². The molecule has 0 spiro atoms. The van der Waals surface area contributed by atoms with Crippen LogP contribution in [0.2, 0.25) is 0 Å². The minimum absolute atomic E-state index is 0.139. The van der Waals surface area contributed by atoms with Gasteiger partial charge in [-0.05, 0) is 19.8 Å². The highest BCUT2D eigenvalue weighted by Gasteiger charge is 2.37. The molecule has 0 saturated heterocycles. The highest BCUT2D eigenvalue weighted by Crippen LogP contribution is 2.48. The molecule has 0 aliphatic rings. The Bertz CT molecular complexity index is 472. The number of rotatable bonds is 13. The SMILES string of the molecule is CCOC(CCCCCCOS(C)(=O)=O)[P+](=O)CP(=O)(O)O. The van der Waals surface area contributed by atoms with Gasteiger partial charge in [-0.15, -0.1) is 0 Å². The fourth-order valence-electron chi connectivity index (χ4n) is 1.76. The standard InChI is InChI=1S/C11H24O8P2S/c1-3-18-11(20(12)10-21(13,14)15)8-6-4-5-7-9-19-22(2,16)17/h11H,3-10H2,1-2H3,(H-,13,14,15)/p+1. The van der Waals surface area contributed by atoms with Crippen LogP contribution in [0.15, 0.2) is 0 Å². The van der Waals surface area contributed by atoms with Gasteiger partial charge in [0.15, 0.2) is 0 Å². The maximum Gasteiger partial charge on any atom is 0.382 e. The third-order valence-corrected chi connectivity index (χ3v) is 6.88. The Balaban J connectivity index is 3.96. The monoisotopic (exact) mass is 379 g/mol. The molecule has 0 aromatic heterocycles. The summed E-state index contributed by atoms with van der Waals surface area (Å²) in [5, 5.41) is 0. The lowest BCUT2D eigenvalue weighted by molar-refractivity contribution is 0.110. The Morgan fingerprint density at radius 1 is 1.18 bits per heavy atom. The van der Waals surface area contributed by atoms with Gasteiger partial charge in [0, 0.05) is 13.0 Å². The largest absolute Gasteiger partial charge is 0.382 e. The average Bonchev–Trinajstić information content (AvgIpc) is 2.32. The van der Waals surface area contributed by atoms with Crippen LogP contribution in [0.25, 0.3) is 0 Å². The van der Waals surface area contributed by atoms with E-state index in [-0.39, 0.29) is 6.61 Å². The summed E-state index contributed by atoms with van der Waals surface area (Å²) in [6, 6.07) is 0. The molecule has 0 fully saturated rings. The summed E-state index contributed by atoms with van der Waals surface area (Å²) in [6.45, 7) is 2.20. The van der Waals surface area contributed by atoms with E-state index in [1.165, 1.54) is 0 Å². The van der Waals surface area contributed by atoms with Crippen molar-refractivity contribution in [3.05, 3.63) is 0 Å². The van der Waals surface area contributed by atoms with Crippen LogP contribution < -0.4 is 0 Å². The van der Waals surface area contributed by atoms with Gasteiger partial charge in [0.1, 0.15) is 0 Å². The Morgan fingerprint density at radius 2 is 1.77 bits per heavy atom. The molecule has 11 heteroatoms. The van der Waals surface area contributed by atoms with Gasteiger partial charge in [0.2, 0.25) is 5.90 Å². The van der Waals surface area contributed by atoms with Crippen molar-refractivity contribution in [1.29, 1.82) is 0 Å². The van der Waals surface area contributed by atoms with Crippen molar-refractivity contribution in [2.75, 3.05) is 25.4 Å². The maximum atomic E-state index is 11.9. The van der Waals surface area contributed by atoms with Gasteiger partial charge in [-0.2, -0.15) is 8.42 Å². The zero-order valence-corrected chi connectivity index (χ0v) is 15.5. The molecule has 2 atom stereocenters. The Morgan fingerprint density at radius 3 is 2.27 bits per heavy atom. The molecule has 2 unspecified atom stereocenters. The van der Waals surface area contributed by atoms with Crippen LogP contribution in [-0.4, -0.2) is 49.4 Å². The third-order valence-electron chi connectivity index (χ3n) is 2.65. The topological polar surface area (TPSA) is 127 Å². The molecular weight excluding hydrogens is 354 g/mol. The molecule has 8 nitrogen and oxygen atoms in total. The maximum absolute atomic E-state index is 11.9. The van der Waals surface area contributed by atoms with E-state index in [9.17, 15) is 17.5 Å². The van der Waals surface area contributed by atoms with E-state index in [4.69, 9.17) is 14.5 Å². The van der Waals surface area contributed by atoms with Crippen molar-refractivity contribution >= 4 is 25.5 Å². The lowest BCUT2D eigenvalue weighted by Crippen LogP contribution is -2.10. The van der Waals surface area contributed by atoms with Gasteiger partial charge in [-0.3, -0.25) is 8.75 Å². The predicted molar refractivity (Wildman–Crippen MR) is 83.8 cm³/mol. The predicted octanol–water partition coefficient (Wildman–Crippen LogP) is 2.24. The molecule has 0 aliphatic heterocycles. The van der Waals surface area contributed by atoms with Gasteiger partial charge in [0.25, 0.3) is 16.0 Å². The fraction of sp³-hybridized carbons (Fsp3) is 1.00. The second-order valence-electron chi connectivity index (χ2n) is 4.86. The van der Waals surface area contributed by atoms with E-state index in [0.717, 1.165) is 19.1 Å². The molecule has 0 rings (SSSR count). The third kappa shape index (κ3) is 13.8. The number of ether oxygens (including phenoxy) is 1. The molecule has 0 aliphatic carbocycles. The molecule has 0 radical (unpaired) electrons. The van der Waals surface area contributed by atoms with E-state index in [1.807, 2.05) is 0 Å². The van der Waals surface area contributed by atoms with Crippen molar-refractivity contribution in [1.82, 2.24) is 0 Å². The highest BCUT2D eigenvalue weighted by molar-refractivity contribution is 7.85. The van der Waals surface area contributed by atoms with Crippen LogP contribution in [-0.2, 0) is 28.2 Å². The normalized spacial score (nSPS) is 14.8. The molecule has 22 heavy (non-hydrogen) atoms. The molecular formula is C11H25O8P2S+. The first-order valence-corrected chi connectivity index (χ1v) is 12.1. The Hall–Kier alpha value is 0.120. The van der Waals surface area contributed by atoms with Crippen LogP contribution in [0, 0.1) is 0 Å². The zero-order chi connectivity index (χ0) is 17.2. The van der Waals surface area contributed by atoms with Crippen LogP contribution in [0.4, 0.5) is 0 Å². The zero-order valence-electron chi connectivity index (χ0n) is 12.9. The summed E-state index contributed by atoms with van der Waals surface area (Å²) < 4.78 is 54.1. The molecule has 0 saturated carbocycles.